The van der Waals surface area contributed by atoms with Gasteiger partial charge >= 0.3 is 11.0 Å². The SMILES string of the molecule is O=C(COc1ccc(Cl)cc1C1c2sc(=O)[nH]c2SC2C(=O)N(c3ccccc3)C(=O)C21)Nc1ccccc1C(F)(F)F. The van der Waals surface area contributed by atoms with Crippen LogP contribution in [0.1, 0.15) is 21.9 Å². The molecule has 0 aliphatic carbocycles. The van der Waals surface area contributed by atoms with Crippen LogP contribution < -0.4 is 19.8 Å². The predicted molar refractivity (Wildman–Crippen MR) is 156 cm³/mol. The number of carbonyl (C=O) groups is 3. The molecule has 2 aliphatic rings. The molecule has 0 spiro atoms. The van der Waals surface area contributed by atoms with Gasteiger partial charge < -0.3 is 15.0 Å². The number of amides is 3. The highest BCUT2D eigenvalue weighted by Crippen LogP contribution is 2.54. The molecule has 0 saturated carbocycles. The predicted octanol–water partition coefficient (Wildman–Crippen LogP) is 5.92. The van der Waals surface area contributed by atoms with Crippen molar-refractivity contribution in [3.8, 4) is 5.75 Å². The first kappa shape index (κ1) is 29.0. The van der Waals surface area contributed by atoms with E-state index in [1.54, 1.807) is 30.3 Å². The molecule has 6 rings (SSSR count). The van der Waals surface area contributed by atoms with E-state index in [1.165, 1.54) is 30.3 Å². The van der Waals surface area contributed by atoms with Gasteiger partial charge in [0.2, 0.25) is 11.8 Å². The fourth-order valence-electron chi connectivity index (χ4n) is 5.25. The first-order valence-electron chi connectivity index (χ1n) is 12.7. The van der Waals surface area contributed by atoms with Gasteiger partial charge in [-0.3, -0.25) is 19.2 Å². The zero-order valence-electron chi connectivity index (χ0n) is 21.7. The lowest BCUT2D eigenvalue weighted by molar-refractivity contribution is -0.137. The van der Waals surface area contributed by atoms with Crippen LogP contribution in [0.25, 0.3) is 0 Å². The molecule has 1 aromatic heterocycles. The molecule has 1 saturated heterocycles. The van der Waals surface area contributed by atoms with Crippen LogP contribution in [0.4, 0.5) is 24.5 Å². The topological polar surface area (TPSA) is 109 Å². The number of halogens is 4. The molecule has 0 radical (unpaired) electrons. The largest absolute Gasteiger partial charge is 0.483 e. The van der Waals surface area contributed by atoms with Gasteiger partial charge in [-0.2, -0.15) is 13.2 Å². The Morgan fingerprint density at radius 3 is 2.47 bits per heavy atom. The summed E-state index contributed by atoms with van der Waals surface area (Å²) in [6.45, 7) is -0.671. The Bertz CT molecular complexity index is 1810. The molecule has 3 amide bonds. The molecule has 14 heteroatoms. The number of benzene rings is 3. The number of H-pyrrole nitrogens is 1. The number of nitrogens with one attached hydrogen (secondary N) is 2. The van der Waals surface area contributed by atoms with Gasteiger partial charge in [-0.25, -0.2) is 4.90 Å². The van der Waals surface area contributed by atoms with E-state index < -0.39 is 58.8 Å². The maximum Gasteiger partial charge on any atom is 0.418 e. The first-order chi connectivity index (χ1) is 20.5. The average Bonchev–Trinajstić information content (AvgIpc) is 3.46. The Hall–Kier alpha value is -4.07. The molecular formula is C29H19ClF3N3O5S2. The van der Waals surface area contributed by atoms with Gasteiger partial charge in [0, 0.05) is 21.4 Å². The summed E-state index contributed by atoms with van der Waals surface area (Å²) in [4.78, 5) is 56.6. The van der Waals surface area contributed by atoms with Gasteiger partial charge in [0.1, 0.15) is 11.0 Å². The van der Waals surface area contributed by atoms with Crippen LogP contribution >= 0.6 is 34.7 Å². The molecule has 1 fully saturated rings. The van der Waals surface area contributed by atoms with E-state index in [-0.39, 0.29) is 15.6 Å². The third kappa shape index (κ3) is 5.43. The van der Waals surface area contributed by atoms with Gasteiger partial charge in [-0.15, -0.1) is 0 Å². The lowest BCUT2D eigenvalue weighted by atomic mass is 9.82. The van der Waals surface area contributed by atoms with Crippen LogP contribution in [-0.2, 0) is 20.6 Å². The van der Waals surface area contributed by atoms with Crippen molar-refractivity contribution in [2.45, 2.75) is 22.4 Å². The summed E-state index contributed by atoms with van der Waals surface area (Å²) in [6, 6.07) is 17.5. The molecule has 4 aromatic rings. The Morgan fingerprint density at radius 2 is 1.72 bits per heavy atom. The summed E-state index contributed by atoms with van der Waals surface area (Å²) >= 11 is 8.35. The monoisotopic (exact) mass is 645 g/mol. The number of aromatic amines is 1. The zero-order chi connectivity index (χ0) is 30.5. The van der Waals surface area contributed by atoms with Crippen molar-refractivity contribution in [1.29, 1.82) is 0 Å². The molecule has 43 heavy (non-hydrogen) atoms. The van der Waals surface area contributed by atoms with Crippen LogP contribution in [0, 0.1) is 5.92 Å². The molecule has 220 valence electrons. The summed E-state index contributed by atoms with van der Waals surface area (Å²) < 4.78 is 46.0. The third-order valence-corrected chi connectivity index (χ3v) is 9.65. The minimum absolute atomic E-state index is 0.115. The highest BCUT2D eigenvalue weighted by molar-refractivity contribution is 8.00. The Balaban J connectivity index is 1.34. The summed E-state index contributed by atoms with van der Waals surface area (Å²) in [6.07, 6.45) is -4.68. The van der Waals surface area contributed by atoms with Gasteiger partial charge in [0.15, 0.2) is 6.61 Å². The van der Waals surface area contributed by atoms with E-state index in [9.17, 15) is 32.3 Å². The second-order valence-electron chi connectivity index (χ2n) is 9.66. The number of hydrogen-bond donors (Lipinski definition) is 2. The summed E-state index contributed by atoms with van der Waals surface area (Å²) in [7, 11) is 0. The number of fused-ring (bicyclic) bond motifs is 2. The van der Waals surface area contributed by atoms with Gasteiger partial charge in [0.25, 0.3) is 5.91 Å². The van der Waals surface area contributed by atoms with Crippen molar-refractivity contribution >= 4 is 63.8 Å². The Morgan fingerprint density at radius 1 is 1.00 bits per heavy atom. The smallest absolute Gasteiger partial charge is 0.418 e. The third-order valence-electron chi connectivity index (χ3n) is 7.01. The minimum atomic E-state index is -4.68. The lowest BCUT2D eigenvalue weighted by Crippen LogP contribution is -2.32. The van der Waals surface area contributed by atoms with Gasteiger partial charge in [-0.05, 0) is 42.5 Å². The molecule has 2 aliphatic heterocycles. The van der Waals surface area contributed by atoms with Crippen LogP contribution in [0.5, 0.6) is 5.75 Å². The van der Waals surface area contributed by atoms with Crippen molar-refractivity contribution in [3.05, 3.63) is 103 Å². The number of imide groups is 1. The van der Waals surface area contributed by atoms with Gasteiger partial charge in [-0.1, -0.05) is 65.0 Å². The van der Waals surface area contributed by atoms with E-state index in [4.69, 9.17) is 16.3 Å². The number of thioether (sulfide) groups is 1. The second-order valence-corrected chi connectivity index (χ2v) is 12.3. The van der Waals surface area contributed by atoms with Crippen molar-refractivity contribution in [1.82, 2.24) is 4.98 Å². The number of carbonyl (C=O) groups excluding carboxylic acids is 3. The lowest BCUT2D eigenvalue weighted by Gasteiger charge is -2.31. The molecular weight excluding hydrogens is 627 g/mol. The first-order valence-corrected chi connectivity index (χ1v) is 14.8. The molecule has 8 nitrogen and oxygen atoms in total. The van der Waals surface area contributed by atoms with Gasteiger partial charge in [0.05, 0.1) is 27.9 Å². The molecule has 3 atom stereocenters. The average molecular weight is 646 g/mol. The van der Waals surface area contributed by atoms with E-state index in [2.05, 4.69) is 10.3 Å². The normalized spacial score (nSPS) is 19.6. The number of ether oxygens (including phenoxy) is 1. The maximum absolute atomic E-state index is 13.9. The van der Waals surface area contributed by atoms with E-state index >= 15 is 0 Å². The molecule has 3 unspecified atom stereocenters. The van der Waals surface area contributed by atoms with E-state index in [0.29, 0.717) is 21.2 Å². The number of rotatable bonds is 6. The summed E-state index contributed by atoms with van der Waals surface area (Å²) in [5, 5.41) is 2.06. The highest BCUT2D eigenvalue weighted by atomic mass is 35.5. The number of alkyl halides is 3. The molecule has 2 N–H and O–H groups in total. The molecule has 3 heterocycles. The maximum atomic E-state index is 13.9. The van der Waals surface area contributed by atoms with Crippen LogP contribution in [0.3, 0.4) is 0 Å². The Kier molecular flexibility index (Phi) is 7.57. The number of nitrogens with zero attached hydrogens (tertiary/aromatic N) is 1. The molecule has 0 bridgehead atoms. The number of anilines is 2. The quantitative estimate of drug-likeness (QED) is 0.252. The number of hydrogen-bond acceptors (Lipinski definition) is 7. The van der Waals surface area contributed by atoms with Crippen molar-refractivity contribution < 1.29 is 32.3 Å². The van der Waals surface area contributed by atoms with Crippen molar-refractivity contribution in [2.75, 3.05) is 16.8 Å². The fraction of sp³-hybridized carbons (Fsp3) is 0.172. The fourth-order valence-corrected chi connectivity index (χ4v) is 7.93. The van der Waals surface area contributed by atoms with Crippen molar-refractivity contribution in [2.24, 2.45) is 5.92 Å². The van der Waals surface area contributed by atoms with E-state index in [1.807, 2.05) is 0 Å². The van der Waals surface area contributed by atoms with Crippen LogP contribution in [-0.4, -0.2) is 34.6 Å². The van der Waals surface area contributed by atoms with Crippen LogP contribution in [0.15, 0.2) is 82.6 Å². The summed E-state index contributed by atoms with van der Waals surface area (Å²) in [5.41, 5.74) is -0.686. The zero-order valence-corrected chi connectivity index (χ0v) is 24.1. The number of para-hydroxylation sites is 2. The van der Waals surface area contributed by atoms with Crippen molar-refractivity contribution in [3.63, 3.8) is 0 Å². The summed E-state index contributed by atoms with van der Waals surface area (Å²) in [5.74, 6) is -3.45. The minimum Gasteiger partial charge on any atom is -0.483 e. The van der Waals surface area contributed by atoms with E-state index in [0.717, 1.165) is 40.1 Å². The standard InChI is InChI=1S/C29H19ClF3N3O5S2/c30-14-10-11-19(41-13-20(37)34-18-9-5-4-8-17(18)29(31,32)33)16(12-14)21-22-24(42-25-23(21)43-28(40)35-25)27(39)36(26(22)38)15-6-2-1-3-7-15/h1-12,21-22,24H,13H2,(H,34,37)(H,35,40). The number of thiazole rings is 1. The number of aromatic nitrogens is 1. The molecule has 3 aromatic carbocycles. The second kappa shape index (κ2) is 11.2. The van der Waals surface area contributed by atoms with Crippen LogP contribution in [0.2, 0.25) is 5.02 Å². The Labute approximate surface area is 254 Å². The highest BCUT2D eigenvalue weighted by Gasteiger charge is 2.56.